The average Bonchev–Trinajstić information content (AvgIpc) is 3.18. The molecule has 3 rings (SSSR count). The van der Waals surface area contributed by atoms with E-state index in [0.717, 1.165) is 28.9 Å². The van der Waals surface area contributed by atoms with Gasteiger partial charge in [-0.05, 0) is 37.6 Å². The van der Waals surface area contributed by atoms with Crippen molar-refractivity contribution in [2.24, 2.45) is 0 Å². The van der Waals surface area contributed by atoms with Crippen molar-refractivity contribution in [2.75, 3.05) is 5.32 Å². The first kappa shape index (κ1) is 17.4. The molecule has 1 N–H and O–H groups in total. The molecule has 0 bridgehead atoms. The number of benzene rings is 1. The number of carbonyl (C=O) groups excluding carboxylic acids is 2. The van der Waals surface area contributed by atoms with Crippen LogP contribution in [-0.4, -0.2) is 21.2 Å². The molecule has 0 aliphatic heterocycles. The topological polar surface area (TPSA) is 64.0 Å². The summed E-state index contributed by atoms with van der Waals surface area (Å²) in [5.41, 5.74) is 1.86. The first-order valence-electron chi connectivity index (χ1n) is 8.43. The highest BCUT2D eigenvalue weighted by Crippen LogP contribution is 2.21. The van der Waals surface area contributed by atoms with Gasteiger partial charge in [-0.25, -0.2) is 4.98 Å². The molecule has 0 spiro atoms. The lowest BCUT2D eigenvalue weighted by atomic mass is 10.2. The third kappa shape index (κ3) is 3.96. The molecule has 130 valence electrons. The van der Waals surface area contributed by atoms with Gasteiger partial charge >= 0.3 is 0 Å². The predicted octanol–water partition coefficient (Wildman–Crippen LogP) is 4.42. The monoisotopic (exact) mass is 355 g/mol. The fourth-order valence-electron chi connectivity index (χ4n) is 2.74. The Hall–Kier alpha value is -2.47. The number of amides is 1. The van der Waals surface area contributed by atoms with Crippen molar-refractivity contribution >= 4 is 40.0 Å². The van der Waals surface area contributed by atoms with E-state index in [1.165, 1.54) is 11.3 Å². The van der Waals surface area contributed by atoms with Gasteiger partial charge < -0.3 is 4.57 Å². The third-order valence-corrected chi connectivity index (χ3v) is 4.99. The lowest BCUT2D eigenvalue weighted by Crippen LogP contribution is -2.16. The average molecular weight is 355 g/mol. The van der Waals surface area contributed by atoms with E-state index in [1.807, 2.05) is 47.9 Å². The standard InChI is InChI=1S/C19H21N3O2S/c1-3-12-22-15-7-5-4-6-14(15)20-19(22)21-18(24)11-9-16(23)17-10-8-13(2)25-17/h4-8,10H,3,9,11-12H2,1-2H3,(H,20,21,24). The highest BCUT2D eigenvalue weighted by Gasteiger charge is 2.15. The zero-order chi connectivity index (χ0) is 17.8. The summed E-state index contributed by atoms with van der Waals surface area (Å²) >= 11 is 1.47. The van der Waals surface area contributed by atoms with E-state index >= 15 is 0 Å². The smallest absolute Gasteiger partial charge is 0.227 e. The van der Waals surface area contributed by atoms with Gasteiger partial charge in [0.1, 0.15) is 0 Å². The van der Waals surface area contributed by atoms with Crippen molar-refractivity contribution in [3.05, 3.63) is 46.2 Å². The first-order chi connectivity index (χ1) is 12.1. The molecule has 5 nitrogen and oxygen atoms in total. The summed E-state index contributed by atoms with van der Waals surface area (Å²) < 4.78 is 2.01. The summed E-state index contributed by atoms with van der Waals surface area (Å²) in [4.78, 5) is 30.7. The van der Waals surface area contributed by atoms with Crippen molar-refractivity contribution in [3.8, 4) is 0 Å². The van der Waals surface area contributed by atoms with Crippen LogP contribution < -0.4 is 5.32 Å². The van der Waals surface area contributed by atoms with Crippen LogP contribution >= 0.6 is 11.3 Å². The molecule has 2 aromatic heterocycles. The van der Waals surface area contributed by atoms with Gasteiger partial charge in [-0.15, -0.1) is 11.3 Å². The molecule has 0 unspecified atom stereocenters. The normalized spacial score (nSPS) is 11.0. The van der Waals surface area contributed by atoms with Crippen LogP contribution in [0.3, 0.4) is 0 Å². The Kier molecular flexibility index (Phi) is 5.28. The van der Waals surface area contributed by atoms with Crippen LogP contribution in [0.5, 0.6) is 0 Å². The van der Waals surface area contributed by atoms with E-state index in [9.17, 15) is 9.59 Å². The first-order valence-corrected chi connectivity index (χ1v) is 9.25. The highest BCUT2D eigenvalue weighted by atomic mass is 32.1. The summed E-state index contributed by atoms with van der Waals surface area (Å²) in [6.45, 7) is 4.83. The zero-order valence-corrected chi connectivity index (χ0v) is 15.2. The fraction of sp³-hybridized carbons (Fsp3) is 0.316. The second-order valence-electron chi connectivity index (χ2n) is 5.96. The molecule has 0 aliphatic carbocycles. The summed E-state index contributed by atoms with van der Waals surface area (Å²) in [7, 11) is 0. The van der Waals surface area contributed by atoms with Crippen LogP contribution in [0.4, 0.5) is 5.95 Å². The van der Waals surface area contributed by atoms with Crippen molar-refractivity contribution < 1.29 is 9.59 Å². The number of hydrogen-bond donors (Lipinski definition) is 1. The van der Waals surface area contributed by atoms with Gasteiger partial charge in [-0.1, -0.05) is 19.1 Å². The van der Waals surface area contributed by atoms with Crippen LogP contribution in [0.15, 0.2) is 36.4 Å². The molecule has 2 heterocycles. The van der Waals surface area contributed by atoms with Gasteiger partial charge in [0.25, 0.3) is 0 Å². The number of ketones is 1. The Morgan fingerprint density at radius 1 is 1.16 bits per heavy atom. The van der Waals surface area contributed by atoms with E-state index in [4.69, 9.17) is 0 Å². The minimum Gasteiger partial charge on any atom is -0.310 e. The second-order valence-corrected chi connectivity index (χ2v) is 7.25. The molecule has 0 radical (unpaired) electrons. The molecule has 1 aromatic carbocycles. The quantitative estimate of drug-likeness (QED) is 0.638. The van der Waals surface area contributed by atoms with Crippen molar-refractivity contribution in [3.63, 3.8) is 0 Å². The third-order valence-electron chi connectivity index (χ3n) is 3.95. The Balaban J connectivity index is 1.67. The number of nitrogens with zero attached hydrogens (tertiary/aromatic N) is 2. The lowest BCUT2D eigenvalue weighted by molar-refractivity contribution is -0.116. The molecule has 0 saturated carbocycles. The number of imidazole rings is 1. The molecule has 0 aliphatic rings. The Labute approximate surface area is 150 Å². The van der Waals surface area contributed by atoms with Gasteiger partial charge in [0.05, 0.1) is 15.9 Å². The van der Waals surface area contributed by atoms with Crippen LogP contribution in [-0.2, 0) is 11.3 Å². The number of rotatable bonds is 7. The number of hydrogen-bond acceptors (Lipinski definition) is 4. The molecule has 25 heavy (non-hydrogen) atoms. The minimum atomic E-state index is -0.186. The number of nitrogens with one attached hydrogen (secondary N) is 1. The van der Waals surface area contributed by atoms with Crippen LogP contribution in [0.1, 0.15) is 40.7 Å². The number of thiophene rings is 1. The fourth-order valence-corrected chi connectivity index (χ4v) is 3.58. The summed E-state index contributed by atoms with van der Waals surface area (Å²) in [5, 5.41) is 2.86. The Morgan fingerprint density at radius 2 is 1.96 bits per heavy atom. The number of fused-ring (bicyclic) bond motifs is 1. The highest BCUT2D eigenvalue weighted by molar-refractivity contribution is 7.14. The maximum atomic E-state index is 12.3. The molecule has 0 saturated heterocycles. The zero-order valence-electron chi connectivity index (χ0n) is 14.4. The van der Waals surface area contributed by atoms with E-state index in [1.54, 1.807) is 0 Å². The van der Waals surface area contributed by atoms with Gasteiger partial charge in [0.2, 0.25) is 11.9 Å². The van der Waals surface area contributed by atoms with Crippen molar-refractivity contribution in [1.82, 2.24) is 9.55 Å². The summed E-state index contributed by atoms with van der Waals surface area (Å²) in [6.07, 6.45) is 1.31. The maximum absolute atomic E-state index is 12.3. The Morgan fingerprint density at radius 3 is 2.68 bits per heavy atom. The number of Topliss-reactive ketones (excluding diaryl/α,β-unsaturated/α-hetero) is 1. The van der Waals surface area contributed by atoms with Crippen molar-refractivity contribution in [2.45, 2.75) is 39.7 Å². The number of aromatic nitrogens is 2. The number of aryl methyl sites for hydroxylation is 2. The Bertz CT molecular complexity index is 910. The summed E-state index contributed by atoms with van der Waals surface area (Å²) in [5.74, 6) is 0.372. The molecular weight excluding hydrogens is 334 g/mol. The molecule has 6 heteroatoms. The second kappa shape index (κ2) is 7.61. The SMILES string of the molecule is CCCn1c(NC(=O)CCC(=O)c2ccc(C)s2)nc2ccccc21. The number of carbonyl (C=O) groups is 2. The number of anilines is 1. The van der Waals surface area contributed by atoms with Gasteiger partial charge in [0, 0.05) is 24.3 Å². The maximum Gasteiger partial charge on any atom is 0.227 e. The van der Waals surface area contributed by atoms with Crippen LogP contribution in [0.2, 0.25) is 0 Å². The van der Waals surface area contributed by atoms with Gasteiger partial charge in [0.15, 0.2) is 5.78 Å². The van der Waals surface area contributed by atoms with Crippen molar-refractivity contribution in [1.29, 1.82) is 0 Å². The van der Waals surface area contributed by atoms with Gasteiger partial charge in [-0.3, -0.25) is 14.9 Å². The van der Waals surface area contributed by atoms with Crippen LogP contribution in [0, 0.1) is 6.92 Å². The molecule has 1 amide bonds. The molecule has 3 aromatic rings. The minimum absolute atomic E-state index is 0.00955. The lowest BCUT2D eigenvalue weighted by Gasteiger charge is -2.08. The largest absolute Gasteiger partial charge is 0.310 e. The van der Waals surface area contributed by atoms with Gasteiger partial charge in [-0.2, -0.15) is 0 Å². The molecule has 0 atom stereocenters. The predicted molar refractivity (Wildman–Crippen MR) is 101 cm³/mol. The summed E-state index contributed by atoms with van der Waals surface area (Å²) in [6, 6.07) is 11.6. The van der Waals surface area contributed by atoms with E-state index in [0.29, 0.717) is 10.8 Å². The van der Waals surface area contributed by atoms with E-state index in [2.05, 4.69) is 17.2 Å². The van der Waals surface area contributed by atoms with E-state index < -0.39 is 0 Å². The van der Waals surface area contributed by atoms with Crippen LogP contribution in [0.25, 0.3) is 11.0 Å². The molecule has 0 fully saturated rings. The number of para-hydroxylation sites is 2. The van der Waals surface area contributed by atoms with E-state index in [-0.39, 0.29) is 24.5 Å². The molecular formula is C19H21N3O2S.